The van der Waals surface area contributed by atoms with Crippen LogP contribution in [0, 0.1) is 25.7 Å². The lowest BCUT2D eigenvalue weighted by Gasteiger charge is -2.21. The van der Waals surface area contributed by atoms with Crippen LogP contribution in [0.25, 0.3) is 0 Å². The Morgan fingerprint density at radius 1 is 1.17 bits per heavy atom. The number of carbonyl (C=O) groups excluding carboxylic acids is 1. The summed E-state index contributed by atoms with van der Waals surface area (Å²) in [6, 6.07) is 2.47. The second-order valence-corrected chi connectivity index (χ2v) is 7.30. The van der Waals surface area contributed by atoms with Gasteiger partial charge < -0.3 is 14.8 Å². The molecule has 0 spiro atoms. The maximum atomic E-state index is 13.0. The third-order valence-electron chi connectivity index (χ3n) is 5.54. The van der Waals surface area contributed by atoms with Gasteiger partial charge in [-0.15, -0.1) is 12.4 Å². The van der Waals surface area contributed by atoms with Crippen molar-refractivity contribution in [3.63, 3.8) is 0 Å². The number of rotatable bonds is 2. The molecule has 130 valence electrons. The van der Waals surface area contributed by atoms with E-state index < -0.39 is 0 Å². The number of halogens is 1. The number of aromatic nitrogens is 1. The molecule has 2 aliphatic rings. The highest BCUT2D eigenvalue weighted by Gasteiger charge is 2.32. The molecule has 0 aromatic carbocycles. The number of nitrogens with zero attached hydrogens (tertiary/aromatic N) is 2. The molecule has 2 atom stereocenters. The summed E-state index contributed by atoms with van der Waals surface area (Å²) in [6.45, 7) is 12.6. The summed E-state index contributed by atoms with van der Waals surface area (Å²) in [6.07, 6.45) is 2.29. The minimum atomic E-state index is 0. The van der Waals surface area contributed by atoms with Gasteiger partial charge in [0, 0.05) is 30.5 Å². The maximum Gasteiger partial charge on any atom is 0.255 e. The second kappa shape index (κ2) is 7.27. The van der Waals surface area contributed by atoms with Crippen molar-refractivity contribution in [2.24, 2.45) is 11.8 Å². The van der Waals surface area contributed by atoms with Crippen molar-refractivity contribution in [2.45, 2.75) is 46.6 Å². The Kier molecular flexibility index (Phi) is 5.79. The summed E-state index contributed by atoms with van der Waals surface area (Å²) in [5, 5.41) is 3.49. The number of nitrogens with one attached hydrogen (secondary N) is 1. The normalized spacial score (nSPS) is 24.3. The Bertz CT molecular complexity index is 553. The summed E-state index contributed by atoms with van der Waals surface area (Å²) < 4.78 is 2.27. The minimum Gasteiger partial charge on any atom is -0.346 e. The molecule has 1 aromatic heterocycles. The van der Waals surface area contributed by atoms with Crippen LogP contribution in [0.4, 0.5) is 0 Å². The lowest BCUT2D eigenvalue weighted by molar-refractivity contribution is 0.0757. The number of carbonyl (C=O) groups is 1. The number of hydrogen-bond donors (Lipinski definition) is 1. The van der Waals surface area contributed by atoms with E-state index >= 15 is 0 Å². The van der Waals surface area contributed by atoms with Crippen LogP contribution in [-0.4, -0.2) is 41.6 Å². The molecular weight excluding hydrogens is 310 g/mol. The van der Waals surface area contributed by atoms with E-state index in [9.17, 15) is 4.79 Å². The monoisotopic (exact) mass is 339 g/mol. The van der Waals surface area contributed by atoms with Gasteiger partial charge in [0.1, 0.15) is 0 Å². The Labute approximate surface area is 146 Å². The van der Waals surface area contributed by atoms with Crippen LogP contribution in [0.2, 0.25) is 0 Å². The number of hydrogen-bond acceptors (Lipinski definition) is 2. The van der Waals surface area contributed by atoms with Crippen LogP contribution >= 0.6 is 12.4 Å². The Morgan fingerprint density at radius 3 is 2.22 bits per heavy atom. The van der Waals surface area contributed by atoms with Crippen molar-refractivity contribution in [3.8, 4) is 0 Å². The summed E-state index contributed by atoms with van der Waals surface area (Å²) in [7, 11) is 0. The van der Waals surface area contributed by atoms with Crippen LogP contribution in [0.5, 0.6) is 0 Å². The van der Waals surface area contributed by atoms with E-state index in [0.29, 0.717) is 6.04 Å². The molecule has 0 bridgehead atoms. The van der Waals surface area contributed by atoms with E-state index in [2.05, 4.69) is 48.5 Å². The Morgan fingerprint density at radius 2 is 1.74 bits per heavy atom. The number of likely N-dealkylation sites (tertiary alicyclic amines) is 1. The molecule has 0 unspecified atom stereocenters. The van der Waals surface area contributed by atoms with Crippen LogP contribution in [0.1, 0.15) is 54.5 Å². The Hall–Kier alpha value is -1.000. The van der Waals surface area contributed by atoms with E-state index in [1.54, 1.807) is 0 Å². The SMILES string of the molecule is Cc1cc(C(=O)N2CC[C@@H]3CNC[C@@H]3CC2)c(C)n1C(C)C.Cl. The van der Waals surface area contributed by atoms with Gasteiger partial charge in [0.2, 0.25) is 0 Å². The zero-order chi connectivity index (χ0) is 15.9. The van der Waals surface area contributed by atoms with Crippen molar-refractivity contribution in [1.29, 1.82) is 0 Å². The van der Waals surface area contributed by atoms with Gasteiger partial charge in [-0.3, -0.25) is 4.79 Å². The molecule has 1 aromatic rings. The van der Waals surface area contributed by atoms with Crippen LogP contribution in [-0.2, 0) is 0 Å². The minimum absolute atomic E-state index is 0. The average Bonchev–Trinajstić information content (AvgIpc) is 2.97. The maximum absolute atomic E-state index is 13.0. The van der Waals surface area contributed by atoms with E-state index in [4.69, 9.17) is 0 Å². The largest absolute Gasteiger partial charge is 0.346 e. The molecule has 2 saturated heterocycles. The fourth-order valence-electron chi connectivity index (χ4n) is 4.38. The molecular formula is C18H30ClN3O. The highest BCUT2D eigenvalue weighted by atomic mass is 35.5. The molecule has 0 radical (unpaired) electrons. The van der Waals surface area contributed by atoms with Gasteiger partial charge in [-0.2, -0.15) is 0 Å². The molecule has 23 heavy (non-hydrogen) atoms. The van der Waals surface area contributed by atoms with Gasteiger partial charge in [0.05, 0.1) is 5.56 Å². The van der Waals surface area contributed by atoms with Gasteiger partial charge in [-0.05, 0) is 71.5 Å². The lowest BCUT2D eigenvalue weighted by atomic mass is 9.92. The quantitative estimate of drug-likeness (QED) is 0.898. The molecule has 2 aliphatic heterocycles. The molecule has 4 nitrogen and oxygen atoms in total. The third kappa shape index (κ3) is 3.43. The predicted molar refractivity (Wildman–Crippen MR) is 96.5 cm³/mol. The van der Waals surface area contributed by atoms with Crippen molar-refractivity contribution in [2.75, 3.05) is 26.2 Å². The molecule has 0 aliphatic carbocycles. The smallest absolute Gasteiger partial charge is 0.255 e. The summed E-state index contributed by atoms with van der Waals surface area (Å²) in [5.74, 6) is 1.76. The first-order chi connectivity index (χ1) is 10.5. The fourth-order valence-corrected chi connectivity index (χ4v) is 4.38. The number of fused-ring (bicyclic) bond motifs is 1. The number of amides is 1. The van der Waals surface area contributed by atoms with Gasteiger partial charge >= 0.3 is 0 Å². The molecule has 2 fully saturated rings. The van der Waals surface area contributed by atoms with Gasteiger partial charge in [-0.25, -0.2) is 0 Å². The van der Waals surface area contributed by atoms with Crippen LogP contribution in [0.3, 0.4) is 0 Å². The molecule has 1 N–H and O–H groups in total. The van der Waals surface area contributed by atoms with E-state index in [-0.39, 0.29) is 18.3 Å². The van der Waals surface area contributed by atoms with Crippen LogP contribution in [0.15, 0.2) is 6.07 Å². The molecule has 5 heteroatoms. The highest BCUT2D eigenvalue weighted by Crippen LogP contribution is 2.28. The van der Waals surface area contributed by atoms with Crippen molar-refractivity contribution in [1.82, 2.24) is 14.8 Å². The highest BCUT2D eigenvalue weighted by molar-refractivity contribution is 5.95. The van der Waals surface area contributed by atoms with Gasteiger partial charge in [-0.1, -0.05) is 0 Å². The molecule has 0 saturated carbocycles. The first kappa shape index (κ1) is 18.3. The first-order valence-electron chi connectivity index (χ1n) is 8.67. The zero-order valence-corrected chi connectivity index (χ0v) is 15.6. The fraction of sp³-hybridized carbons (Fsp3) is 0.722. The van der Waals surface area contributed by atoms with Crippen molar-refractivity contribution in [3.05, 3.63) is 23.0 Å². The van der Waals surface area contributed by atoms with Gasteiger partial charge in [0.25, 0.3) is 5.91 Å². The van der Waals surface area contributed by atoms with Crippen molar-refractivity contribution >= 4 is 18.3 Å². The van der Waals surface area contributed by atoms with E-state index in [1.807, 2.05) is 0 Å². The summed E-state index contributed by atoms with van der Waals surface area (Å²) in [5.41, 5.74) is 3.20. The van der Waals surface area contributed by atoms with Crippen molar-refractivity contribution < 1.29 is 4.79 Å². The van der Waals surface area contributed by atoms with Crippen LogP contribution < -0.4 is 5.32 Å². The molecule has 3 rings (SSSR count). The molecule has 3 heterocycles. The van der Waals surface area contributed by atoms with Gasteiger partial charge in [0.15, 0.2) is 0 Å². The zero-order valence-electron chi connectivity index (χ0n) is 14.8. The second-order valence-electron chi connectivity index (χ2n) is 7.30. The topological polar surface area (TPSA) is 37.3 Å². The van der Waals surface area contributed by atoms with E-state index in [1.165, 1.54) is 5.69 Å². The Balaban J connectivity index is 0.00000192. The average molecular weight is 340 g/mol. The first-order valence-corrected chi connectivity index (χ1v) is 8.67. The number of aryl methyl sites for hydroxylation is 1. The standard InChI is InChI=1S/C18H29N3O.ClH/c1-12(2)21-13(3)9-17(14(21)4)18(22)20-7-5-15-10-19-11-16(15)6-8-20;/h9,12,15-16,19H,5-8,10-11H2,1-4H3;1H/t15-,16+;. The summed E-state index contributed by atoms with van der Waals surface area (Å²) in [4.78, 5) is 15.1. The summed E-state index contributed by atoms with van der Waals surface area (Å²) >= 11 is 0. The third-order valence-corrected chi connectivity index (χ3v) is 5.54. The predicted octanol–water partition coefficient (Wildman–Crippen LogP) is 3.18. The molecule has 1 amide bonds. The lowest BCUT2D eigenvalue weighted by Crippen LogP contribution is -2.33. The van der Waals surface area contributed by atoms with E-state index in [0.717, 1.165) is 62.1 Å².